The molecule has 0 heterocycles. The number of carbonyl (C=O) groups excluding carboxylic acids is 1. The lowest BCUT2D eigenvalue weighted by Crippen LogP contribution is -2.38. The van der Waals surface area contributed by atoms with Gasteiger partial charge in [0, 0.05) is 6.61 Å². The fourth-order valence-corrected chi connectivity index (χ4v) is 0.581. The second kappa shape index (κ2) is 6.56. The molecule has 0 bridgehead atoms. The van der Waals surface area contributed by atoms with Crippen molar-refractivity contribution in [2.45, 2.75) is 6.92 Å². The van der Waals surface area contributed by atoms with Crippen LogP contribution in [0.4, 0.5) is 0 Å². The minimum atomic E-state index is -4.16. The van der Waals surface area contributed by atoms with Gasteiger partial charge in [0.15, 0.2) is 0 Å². The zero-order chi connectivity index (χ0) is 8.62. The smallest absolute Gasteiger partial charge is 0.368 e. The summed E-state index contributed by atoms with van der Waals surface area (Å²) >= 11 is 0. The Bertz CT molecular complexity index is 104. The van der Waals surface area contributed by atoms with Crippen LogP contribution in [0, 0.1) is 5.41 Å². The molecule has 0 fully saturated rings. The Morgan fingerprint density at radius 2 is 1.90 bits per heavy atom. The van der Waals surface area contributed by atoms with Crippen molar-refractivity contribution in [2.75, 3.05) is 6.61 Å². The lowest BCUT2D eigenvalue weighted by Gasteiger charge is -2.05. The molecule has 6 nitrogen and oxygen atoms in total. The third kappa shape index (κ3) is 26.1. The summed E-state index contributed by atoms with van der Waals surface area (Å²) in [5.74, 6) is 0. The molecule has 0 unspecified atom stereocenters. The Morgan fingerprint density at radius 1 is 1.60 bits per heavy atom. The van der Waals surface area contributed by atoms with E-state index >= 15 is 0 Å². The van der Waals surface area contributed by atoms with Crippen LogP contribution in [0.15, 0.2) is 0 Å². The summed E-state index contributed by atoms with van der Waals surface area (Å²) in [5, 5.41) is 5.40. The molecule has 0 aliphatic carbocycles. The van der Waals surface area contributed by atoms with Gasteiger partial charge in [-0.05, 0) is 6.92 Å². The number of nitrogens with one attached hydrogen (secondary N) is 1. The molecule has 10 heavy (non-hydrogen) atoms. The fraction of sp³-hybridized carbons (Fsp3) is 0.667. The highest BCUT2D eigenvalue weighted by Gasteiger charge is 2.28. The predicted octanol–water partition coefficient (Wildman–Crippen LogP) is -1.66. The Hall–Kier alpha value is -0.563. The third-order valence-electron chi connectivity index (χ3n) is 0.338. The van der Waals surface area contributed by atoms with Gasteiger partial charge in [-0.1, -0.05) is 0 Å². The average molecular weight is 167 g/mol. The van der Waals surface area contributed by atoms with Gasteiger partial charge in [-0.2, -0.15) is 0 Å². The van der Waals surface area contributed by atoms with E-state index < -0.39 is 9.05 Å². The first kappa shape index (κ1) is 12.1. The van der Waals surface area contributed by atoms with Crippen LogP contribution in [0.1, 0.15) is 6.92 Å². The van der Waals surface area contributed by atoms with Gasteiger partial charge in [-0.25, -0.2) is 10.2 Å². The van der Waals surface area contributed by atoms with E-state index in [1.807, 2.05) is 0 Å². The number of hydrogen-bond acceptors (Lipinski definition) is 6. The molecule has 0 aromatic carbocycles. The Kier molecular flexibility index (Phi) is 7.96. The summed E-state index contributed by atoms with van der Waals surface area (Å²) in [7, 11) is -4.16. The molecule has 60 valence electrons. The highest BCUT2D eigenvalue weighted by molar-refractivity contribution is 6.48. The summed E-state index contributed by atoms with van der Waals surface area (Å²) in [5.41, 5.74) is 0. The maximum Gasteiger partial charge on any atom is 0.671 e. The van der Waals surface area contributed by atoms with Crippen molar-refractivity contribution in [3.63, 3.8) is 0 Å². The Labute approximate surface area is 58.7 Å². The summed E-state index contributed by atoms with van der Waals surface area (Å²) < 4.78 is 4.03. The third-order valence-corrected chi connectivity index (χ3v) is 1.01. The Morgan fingerprint density at radius 3 is 1.90 bits per heavy atom. The van der Waals surface area contributed by atoms with E-state index in [0.29, 0.717) is 0 Å². The van der Waals surface area contributed by atoms with Gasteiger partial charge in [-0.3, -0.25) is 0 Å². The van der Waals surface area contributed by atoms with Crippen LogP contribution >= 0.6 is 0 Å². The van der Waals surface area contributed by atoms with Gasteiger partial charge >= 0.3 is 9.05 Å². The maximum absolute atomic E-state index is 8.35. The largest absolute Gasteiger partial charge is 0.671 e. The van der Waals surface area contributed by atoms with Gasteiger partial charge in [0.05, 0.1) is 0 Å². The summed E-state index contributed by atoms with van der Waals surface area (Å²) in [6.45, 7) is 1.68. The molecule has 0 rings (SSSR count). The lowest BCUT2D eigenvalue weighted by molar-refractivity contribution is 0.0687. The van der Waals surface area contributed by atoms with E-state index in [9.17, 15) is 0 Å². The molecule has 0 saturated carbocycles. The first-order valence-corrected chi connectivity index (χ1v) is 4.07. The molecule has 4 N–H and O–H groups in total. The molecular formula is C3H9NO5Si. The quantitative estimate of drug-likeness (QED) is 0.223. The zero-order valence-electron chi connectivity index (χ0n) is 5.37. The minimum Gasteiger partial charge on any atom is -0.368 e. The van der Waals surface area contributed by atoms with Crippen molar-refractivity contribution in [1.29, 1.82) is 5.41 Å². The van der Waals surface area contributed by atoms with Gasteiger partial charge < -0.3 is 18.8 Å². The Balaban J connectivity index is 0. The molecule has 0 aliphatic rings. The van der Waals surface area contributed by atoms with Gasteiger partial charge in [0.25, 0.3) is 0 Å². The average Bonchev–Trinajstić information content (AvgIpc) is 1.63. The van der Waals surface area contributed by atoms with Crippen molar-refractivity contribution < 1.29 is 23.6 Å². The summed E-state index contributed by atoms with van der Waals surface area (Å²) in [4.78, 5) is 32.5. The number of hydrogen-bond donors (Lipinski definition) is 4. The molecule has 0 saturated heterocycles. The van der Waals surface area contributed by atoms with Crippen molar-refractivity contribution in [2.24, 2.45) is 0 Å². The summed E-state index contributed by atoms with van der Waals surface area (Å²) in [6.07, 6.45) is 0.750. The molecule has 0 spiro atoms. The molecule has 0 atom stereocenters. The van der Waals surface area contributed by atoms with Crippen LogP contribution in [0.25, 0.3) is 0 Å². The molecule has 0 amide bonds. The normalized spacial score (nSPS) is 9.20. The zero-order valence-corrected chi connectivity index (χ0v) is 6.37. The van der Waals surface area contributed by atoms with Crippen LogP contribution in [0.5, 0.6) is 0 Å². The topological polar surface area (TPSA) is 111 Å². The molecule has 0 aliphatic heterocycles. The second-order valence-electron chi connectivity index (χ2n) is 1.11. The maximum atomic E-state index is 8.35. The minimum absolute atomic E-state index is 0.121. The first-order valence-electron chi connectivity index (χ1n) is 2.32. The van der Waals surface area contributed by atoms with Crippen LogP contribution in [0.3, 0.4) is 0 Å². The van der Waals surface area contributed by atoms with Gasteiger partial charge in [0.1, 0.15) is 0 Å². The lowest BCUT2D eigenvalue weighted by atomic mass is 10.9. The molecule has 0 radical (unpaired) electrons. The monoisotopic (exact) mass is 167 g/mol. The highest BCUT2D eigenvalue weighted by atomic mass is 28.4. The van der Waals surface area contributed by atoms with Crippen LogP contribution in [0.2, 0.25) is 0 Å². The predicted molar refractivity (Wildman–Crippen MR) is 32.4 cm³/mol. The second-order valence-corrected chi connectivity index (χ2v) is 2.55. The van der Waals surface area contributed by atoms with Crippen molar-refractivity contribution >= 4 is 15.1 Å². The van der Waals surface area contributed by atoms with Gasteiger partial charge in [0.2, 0.25) is 6.08 Å². The molecule has 0 aromatic rings. The van der Waals surface area contributed by atoms with Crippen molar-refractivity contribution in [3.05, 3.63) is 0 Å². The number of rotatable bonds is 2. The van der Waals surface area contributed by atoms with Crippen molar-refractivity contribution in [3.8, 4) is 0 Å². The SMILES string of the molecule is CCO[Si](O)(O)O.N=C=O. The highest BCUT2D eigenvalue weighted by Crippen LogP contribution is 1.85. The van der Waals surface area contributed by atoms with E-state index in [0.717, 1.165) is 6.08 Å². The number of isocyanates is 1. The van der Waals surface area contributed by atoms with Crippen LogP contribution in [-0.2, 0) is 9.22 Å². The van der Waals surface area contributed by atoms with E-state index in [1.165, 1.54) is 0 Å². The van der Waals surface area contributed by atoms with E-state index in [2.05, 4.69) is 4.43 Å². The van der Waals surface area contributed by atoms with Crippen LogP contribution < -0.4 is 0 Å². The van der Waals surface area contributed by atoms with E-state index in [1.54, 1.807) is 6.92 Å². The van der Waals surface area contributed by atoms with Crippen molar-refractivity contribution in [1.82, 2.24) is 0 Å². The summed E-state index contributed by atoms with van der Waals surface area (Å²) in [6, 6.07) is 0. The van der Waals surface area contributed by atoms with Crippen LogP contribution in [-0.4, -0.2) is 36.1 Å². The first-order chi connectivity index (χ1) is 4.47. The van der Waals surface area contributed by atoms with E-state index in [-0.39, 0.29) is 6.61 Å². The molecule has 7 heteroatoms. The molecule has 0 aromatic heterocycles. The standard InChI is InChI=1S/C2H8O4Si.CHNO/c1-2-6-7(3,4)5;2-1-3/h3-5H,2H2,1H3;2H. The molecular weight excluding hydrogens is 158 g/mol. The van der Waals surface area contributed by atoms with E-state index in [4.69, 9.17) is 24.6 Å². The fourth-order valence-electron chi connectivity index (χ4n) is 0.194. The van der Waals surface area contributed by atoms with Gasteiger partial charge in [-0.15, -0.1) is 0 Å².